The van der Waals surface area contributed by atoms with E-state index in [1.165, 1.54) is 12.0 Å². The normalized spacial score (nSPS) is 14.9. The molecule has 0 aliphatic heterocycles. The maximum absolute atomic E-state index is 6.18. The van der Waals surface area contributed by atoms with Gasteiger partial charge in [0.1, 0.15) is 0 Å². The topological polar surface area (TPSA) is 29.3 Å². The van der Waals surface area contributed by atoms with E-state index in [1.807, 2.05) is 6.07 Å². The van der Waals surface area contributed by atoms with E-state index in [0.29, 0.717) is 0 Å². The number of nitrogens with two attached hydrogens (primary N) is 1. The Bertz CT molecular complexity index is 297. The molecular formula is C15H26N2. The summed E-state index contributed by atoms with van der Waals surface area (Å²) in [5.41, 5.74) is 7.51. The van der Waals surface area contributed by atoms with E-state index in [4.69, 9.17) is 5.73 Å². The Morgan fingerprint density at radius 2 is 1.82 bits per heavy atom. The van der Waals surface area contributed by atoms with Crippen LogP contribution in [0, 0.1) is 5.92 Å². The van der Waals surface area contributed by atoms with Crippen LogP contribution in [0.3, 0.4) is 0 Å². The fourth-order valence-electron chi connectivity index (χ4n) is 2.12. The lowest BCUT2D eigenvalue weighted by molar-refractivity contribution is 0.266. The predicted molar refractivity (Wildman–Crippen MR) is 75.1 cm³/mol. The molecule has 1 unspecified atom stereocenters. The highest BCUT2D eigenvalue weighted by molar-refractivity contribution is 5.15. The largest absolute Gasteiger partial charge is 0.326 e. The Morgan fingerprint density at radius 1 is 1.18 bits per heavy atom. The number of nitrogens with zero attached hydrogens (tertiary/aromatic N) is 1. The summed E-state index contributed by atoms with van der Waals surface area (Å²) < 4.78 is 0. The van der Waals surface area contributed by atoms with Crippen LogP contribution in [0.15, 0.2) is 30.3 Å². The van der Waals surface area contributed by atoms with Crippen molar-refractivity contribution < 1.29 is 0 Å². The third-order valence-electron chi connectivity index (χ3n) is 3.21. The van der Waals surface area contributed by atoms with Crippen molar-refractivity contribution in [3.63, 3.8) is 0 Å². The van der Waals surface area contributed by atoms with Crippen LogP contribution < -0.4 is 5.73 Å². The lowest BCUT2D eigenvalue weighted by atomic mass is 10.1. The van der Waals surface area contributed by atoms with Gasteiger partial charge in [0.25, 0.3) is 0 Å². The minimum absolute atomic E-state index is 0.228. The van der Waals surface area contributed by atoms with Gasteiger partial charge in [0.2, 0.25) is 0 Å². The molecule has 0 aliphatic carbocycles. The molecule has 0 amide bonds. The summed E-state index contributed by atoms with van der Waals surface area (Å²) in [6.45, 7) is 6.64. The minimum Gasteiger partial charge on any atom is -0.326 e. The van der Waals surface area contributed by atoms with Crippen LogP contribution in [0.2, 0.25) is 0 Å². The summed E-state index contributed by atoms with van der Waals surface area (Å²) in [7, 11) is 2.16. The van der Waals surface area contributed by atoms with Gasteiger partial charge in [0, 0.05) is 19.1 Å². The van der Waals surface area contributed by atoms with Crippen LogP contribution in [0.4, 0.5) is 0 Å². The fourth-order valence-corrected chi connectivity index (χ4v) is 2.12. The van der Waals surface area contributed by atoms with E-state index in [0.717, 1.165) is 25.4 Å². The van der Waals surface area contributed by atoms with Crippen molar-refractivity contribution in [1.29, 1.82) is 0 Å². The van der Waals surface area contributed by atoms with Crippen LogP contribution in [-0.2, 0) is 6.42 Å². The van der Waals surface area contributed by atoms with Gasteiger partial charge in [-0.2, -0.15) is 0 Å². The third-order valence-corrected chi connectivity index (χ3v) is 3.21. The van der Waals surface area contributed by atoms with Crippen molar-refractivity contribution in [3.8, 4) is 0 Å². The highest BCUT2D eigenvalue weighted by atomic mass is 15.1. The van der Waals surface area contributed by atoms with Crippen molar-refractivity contribution in [2.75, 3.05) is 20.1 Å². The maximum atomic E-state index is 6.18. The predicted octanol–water partition coefficient (Wildman–Crippen LogP) is 2.53. The molecule has 2 nitrogen and oxygen atoms in total. The zero-order chi connectivity index (χ0) is 12.7. The molecule has 0 aromatic heterocycles. The summed E-state index contributed by atoms with van der Waals surface area (Å²) in [4.78, 5) is 2.35. The average molecular weight is 234 g/mol. The summed E-state index contributed by atoms with van der Waals surface area (Å²) >= 11 is 0. The van der Waals surface area contributed by atoms with Gasteiger partial charge in [-0.15, -0.1) is 0 Å². The van der Waals surface area contributed by atoms with Crippen LogP contribution in [-0.4, -0.2) is 31.1 Å². The zero-order valence-electron chi connectivity index (χ0n) is 11.4. The molecule has 17 heavy (non-hydrogen) atoms. The minimum atomic E-state index is 0.228. The fraction of sp³-hybridized carbons (Fsp3) is 0.600. The van der Waals surface area contributed by atoms with Crippen molar-refractivity contribution in [1.82, 2.24) is 4.90 Å². The first kappa shape index (κ1) is 14.2. The molecule has 1 aromatic carbocycles. The Labute approximate surface area is 106 Å². The van der Waals surface area contributed by atoms with Crippen LogP contribution in [0.5, 0.6) is 0 Å². The summed E-state index contributed by atoms with van der Waals surface area (Å²) in [5.74, 6) is 0.754. The van der Waals surface area contributed by atoms with Gasteiger partial charge in [-0.3, -0.25) is 0 Å². The molecule has 1 aromatic rings. The Kier molecular flexibility index (Phi) is 6.23. The molecular weight excluding hydrogens is 208 g/mol. The van der Waals surface area contributed by atoms with Crippen LogP contribution in [0.1, 0.15) is 25.8 Å². The Morgan fingerprint density at radius 3 is 2.41 bits per heavy atom. The number of likely N-dealkylation sites (N-methyl/N-ethyl adjacent to an activating group) is 1. The quantitative estimate of drug-likeness (QED) is 0.785. The summed E-state index contributed by atoms with van der Waals surface area (Å²) in [6, 6.07) is 10.7. The monoisotopic (exact) mass is 234 g/mol. The van der Waals surface area contributed by atoms with E-state index in [2.05, 4.69) is 50.1 Å². The molecule has 2 atom stereocenters. The van der Waals surface area contributed by atoms with E-state index < -0.39 is 0 Å². The molecule has 0 heterocycles. The molecule has 0 aliphatic rings. The van der Waals surface area contributed by atoms with E-state index in [1.54, 1.807) is 0 Å². The third kappa shape index (κ3) is 5.85. The molecule has 96 valence electrons. The zero-order valence-corrected chi connectivity index (χ0v) is 11.4. The molecule has 0 spiro atoms. The number of hydrogen-bond donors (Lipinski definition) is 1. The second-order valence-corrected chi connectivity index (χ2v) is 5.18. The lowest BCUT2D eigenvalue weighted by Crippen LogP contribution is -2.38. The van der Waals surface area contributed by atoms with Crippen molar-refractivity contribution in [2.45, 2.75) is 32.7 Å². The molecule has 0 saturated carbocycles. The van der Waals surface area contributed by atoms with Gasteiger partial charge in [-0.05, 0) is 24.9 Å². The smallest absolute Gasteiger partial charge is 0.0208 e. The summed E-state index contributed by atoms with van der Waals surface area (Å²) in [5, 5.41) is 0. The van der Waals surface area contributed by atoms with Crippen molar-refractivity contribution in [2.24, 2.45) is 11.7 Å². The second-order valence-electron chi connectivity index (χ2n) is 5.18. The highest BCUT2D eigenvalue weighted by Gasteiger charge is 2.09. The van der Waals surface area contributed by atoms with Gasteiger partial charge >= 0.3 is 0 Å². The molecule has 0 saturated heterocycles. The van der Waals surface area contributed by atoms with Gasteiger partial charge in [0.15, 0.2) is 0 Å². The molecule has 0 fully saturated rings. The second kappa shape index (κ2) is 7.46. The van der Waals surface area contributed by atoms with Gasteiger partial charge < -0.3 is 10.6 Å². The molecule has 0 bridgehead atoms. The molecule has 2 heteroatoms. The standard InChI is InChI=1S/C15H26N2/c1-4-13(2)11-17(3)12-15(16)10-14-8-6-5-7-9-14/h5-9,13,15H,4,10-12,16H2,1-3H3/t13?,15-/m1/s1. The van der Waals surface area contributed by atoms with E-state index in [9.17, 15) is 0 Å². The maximum Gasteiger partial charge on any atom is 0.0208 e. The van der Waals surface area contributed by atoms with E-state index in [-0.39, 0.29) is 6.04 Å². The van der Waals surface area contributed by atoms with Crippen molar-refractivity contribution in [3.05, 3.63) is 35.9 Å². The van der Waals surface area contributed by atoms with Gasteiger partial charge in [-0.1, -0.05) is 50.6 Å². The first-order valence-corrected chi connectivity index (χ1v) is 6.59. The van der Waals surface area contributed by atoms with Crippen molar-refractivity contribution >= 4 is 0 Å². The average Bonchev–Trinajstić information content (AvgIpc) is 2.29. The Hall–Kier alpha value is -0.860. The number of hydrogen-bond acceptors (Lipinski definition) is 2. The Balaban J connectivity index is 2.31. The SMILES string of the molecule is CCC(C)CN(C)C[C@H](N)Cc1ccccc1. The van der Waals surface area contributed by atoms with Gasteiger partial charge in [-0.25, -0.2) is 0 Å². The van der Waals surface area contributed by atoms with Crippen LogP contribution >= 0.6 is 0 Å². The number of benzene rings is 1. The lowest BCUT2D eigenvalue weighted by Gasteiger charge is -2.24. The van der Waals surface area contributed by atoms with Crippen LogP contribution in [0.25, 0.3) is 0 Å². The molecule has 0 radical (unpaired) electrons. The van der Waals surface area contributed by atoms with Gasteiger partial charge in [0.05, 0.1) is 0 Å². The first-order chi connectivity index (χ1) is 8.11. The molecule has 2 N–H and O–H groups in total. The highest BCUT2D eigenvalue weighted by Crippen LogP contribution is 2.05. The van der Waals surface area contributed by atoms with E-state index >= 15 is 0 Å². The first-order valence-electron chi connectivity index (χ1n) is 6.59. The summed E-state index contributed by atoms with van der Waals surface area (Å²) in [6.07, 6.45) is 2.20. The molecule has 1 rings (SSSR count). The number of rotatable bonds is 7.